The fourth-order valence-corrected chi connectivity index (χ4v) is 1.31. The van der Waals surface area contributed by atoms with E-state index >= 15 is 0 Å². The van der Waals surface area contributed by atoms with Gasteiger partial charge in [0.05, 0.1) is 18.1 Å². The molecule has 7 nitrogen and oxygen atoms in total. The van der Waals surface area contributed by atoms with Crippen LogP contribution < -0.4 is 4.74 Å². The number of carboxylic acid groups (broad SMARTS) is 1. The number of nitro benzene ring substituents is 1. The van der Waals surface area contributed by atoms with Crippen LogP contribution >= 0.6 is 0 Å². The van der Waals surface area contributed by atoms with Crippen LogP contribution in [0.1, 0.15) is 5.56 Å². The van der Waals surface area contributed by atoms with E-state index in [1.807, 2.05) is 0 Å². The minimum Gasteiger partial charge on any atom is -0.497 e. The monoisotopic (exact) mass is 241 g/mol. The van der Waals surface area contributed by atoms with Crippen LogP contribution in [-0.2, 0) is 11.2 Å². The Morgan fingerprint density at radius 2 is 2.24 bits per heavy atom. The van der Waals surface area contributed by atoms with Crippen molar-refractivity contribution in [2.24, 2.45) is 0 Å². The number of nitro groups is 1. The Balaban J connectivity index is 3.06. The van der Waals surface area contributed by atoms with Crippen LogP contribution in [0.15, 0.2) is 18.2 Å². The van der Waals surface area contributed by atoms with E-state index in [1.165, 1.54) is 25.3 Å². The first-order valence-electron chi connectivity index (χ1n) is 4.68. The summed E-state index contributed by atoms with van der Waals surface area (Å²) in [5.41, 5.74) is -0.129. The lowest BCUT2D eigenvalue weighted by molar-refractivity contribution is -0.385. The fraction of sp³-hybridized carbons (Fsp3) is 0.300. The maximum atomic E-state index is 10.8. The molecule has 0 aliphatic heterocycles. The van der Waals surface area contributed by atoms with Gasteiger partial charge in [0, 0.05) is 12.0 Å². The average Bonchev–Trinajstić information content (AvgIpc) is 2.29. The summed E-state index contributed by atoms with van der Waals surface area (Å²) >= 11 is 0. The first-order valence-corrected chi connectivity index (χ1v) is 4.68. The average molecular weight is 241 g/mol. The van der Waals surface area contributed by atoms with Crippen molar-refractivity contribution in [2.45, 2.75) is 12.5 Å². The van der Waals surface area contributed by atoms with Gasteiger partial charge in [-0.15, -0.1) is 0 Å². The molecule has 0 heterocycles. The maximum Gasteiger partial charge on any atom is 0.332 e. The molecule has 0 aliphatic carbocycles. The minimum atomic E-state index is -1.66. The Morgan fingerprint density at radius 3 is 2.71 bits per heavy atom. The van der Waals surface area contributed by atoms with E-state index in [0.717, 1.165) is 0 Å². The molecule has 0 aromatic heterocycles. The van der Waals surface area contributed by atoms with Gasteiger partial charge in [0.2, 0.25) is 0 Å². The van der Waals surface area contributed by atoms with Crippen molar-refractivity contribution < 1.29 is 24.7 Å². The molecular formula is C10H11NO6. The van der Waals surface area contributed by atoms with Gasteiger partial charge in [0.25, 0.3) is 5.69 Å². The molecule has 92 valence electrons. The van der Waals surface area contributed by atoms with Crippen molar-refractivity contribution in [1.82, 2.24) is 0 Å². The minimum absolute atomic E-state index is 0.144. The highest BCUT2D eigenvalue weighted by atomic mass is 16.6. The van der Waals surface area contributed by atoms with E-state index in [2.05, 4.69) is 0 Å². The summed E-state index contributed by atoms with van der Waals surface area (Å²) in [6, 6.07) is 4.02. The number of hydrogen-bond acceptors (Lipinski definition) is 5. The molecule has 1 aromatic rings. The molecule has 1 atom stereocenters. The Kier molecular flexibility index (Phi) is 4.00. The number of ether oxygens (including phenoxy) is 1. The number of rotatable bonds is 5. The van der Waals surface area contributed by atoms with Crippen LogP contribution in [0.5, 0.6) is 5.75 Å². The SMILES string of the molecule is COc1ccc(CC(O)C(=O)O)c([N+](=O)[O-])c1. The molecule has 0 aliphatic rings. The highest BCUT2D eigenvalue weighted by molar-refractivity contribution is 5.72. The molecule has 0 saturated heterocycles. The maximum absolute atomic E-state index is 10.8. The third-order valence-electron chi connectivity index (χ3n) is 2.19. The van der Waals surface area contributed by atoms with Crippen LogP contribution in [0, 0.1) is 10.1 Å². The first kappa shape index (κ1) is 12.9. The number of carbonyl (C=O) groups is 1. The third-order valence-corrected chi connectivity index (χ3v) is 2.19. The van der Waals surface area contributed by atoms with Crippen molar-refractivity contribution in [3.8, 4) is 5.75 Å². The van der Waals surface area contributed by atoms with Crippen molar-refractivity contribution >= 4 is 11.7 Å². The number of aliphatic carboxylic acids is 1. The molecular weight excluding hydrogens is 230 g/mol. The van der Waals surface area contributed by atoms with E-state index in [-0.39, 0.29) is 17.7 Å². The van der Waals surface area contributed by atoms with Gasteiger partial charge in [-0.3, -0.25) is 10.1 Å². The number of benzene rings is 1. The van der Waals surface area contributed by atoms with Crippen LogP contribution in [0.4, 0.5) is 5.69 Å². The Hall–Kier alpha value is -2.15. The normalized spacial score (nSPS) is 11.9. The number of nitrogens with zero attached hydrogens (tertiary/aromatic N) is 1. The topological polar surface area (TPSA) is 110 Å². The lowest BCUT2D eigenvalue weighted by atomic mass is 10.1. The Bertz CT molecular complexity index is 444. The summed E-state index contributed by atoms with van der Waals surface area (Å²) in [6.45, 7) is 0. The van der Waals surface area contributed by atoms with Crippen LogP contribution in [-0.4, -0.2) is 34.3 Å². The summed E-state index contributed by atoms with van der Waals surface area (Å²) < 4.78 is 4.83. The predicted molar refractivity (Wildman–Crippen MR) is 57.0 cm³/mol. The van der Waals surface area contributed by atoms with Gasteiger partial charge in [-0.1, -0.05) is 0 Å². The molecule has 1 aromatic carbocycles. The van der Waals surface area contributed by atoms with E-state index < -0.39 is 17.0 Å². The summed E-state index contributed by atoms with van der Waals surface area (Å²) in [7, 11) is 1.37. The van der Waals surface area contributed by atoms with Crippen LogP contribution in [0.25, 0.3) is 0 Å². The summed E-state index contributed by atoms with van der Waals surface area (Å²) in [5.74, 6) is -1.12. The Morgan fingerprint density at radius 1 is 1.59 bits per heavy atom. The van der Waals surface area contributed by atoms with Gasteiger partial charge in [-0.25, -0.2) is 4.79 Å². The molecule has 7 heteroatoms. The second-order valence-electron chi connectivity index (χ2n) is 3.31. The van der Waals surface area contributed by atoms with E-state index in [9.17, 15) is 14.9 Å². The first-order chi connectivity index (χ1) is 7.95. The van der Waals surface area contributed by atoms with Crippen molar-refractivity contribution in [3.63, 3.8) is 0 Å². The van der Waals surface area contributed by atoms with Gasteiger partial charge < -0.3 is 14.9 Å². The largest absolute Gasteiger partial charge is 0.497 e. The number of carboxylic acids is 1. The molecule has 1 unspecified atom stereocenters. The zero-order valence-corrected chi connectivity index (χ0v) is 8.99. The number of hydrogen-bond donors (Lipinski definition) is 2. The number of aliphatic hydroxyl groups excluding tert-OH is 1. The Labute approximate surface area is 96.4 Å². The molecule has 0 fully saturated rings. The standard InChI is InChI=1S/C10H11NO6/c1-17-7-3-2-6(4-9(12)10(13)14)8(5-7)11(15)16/h2-3,5,9,12H,4H2,1H3,(H,13,14). The van der Waals surface area contributed by atoms with Crippen molar-refractivity contribution in [1.29, 1.82) is 0 Å². The molecule has 2 N–H and O–H groups in total. The van der Waals surface area contributed by atoms with Gasteiger partial charge >= 0.3 is 5.97 Å². The van der Waals surface area contributed by atoms with E-state index in [0.29, 0.717) is 5.75 Å². The van der Waals surface area contributed by atoms with Gasteiger partial charge in [0.15, 0.2) is 6.10 Å². The molecule has 17 heavy (non-hydrogen) atoms. The summed E-state index contributed by atoms with van der Waals surface area (Å²) in [5, 5.41) is 28.5. The molecule has 0 spiro atoms. The smallest absolute Gasteiger partial charge is 0.332 e. The van der Waals surface area contributed by atoms with E-state index in [1.54, 1.807) is 0 Å². The lowest BCUT2D eigenvalue weighted by Crippen LogP contribution is -2.22. The third kappa shape index (κ3) is 3.15. The molecule has 1 rings (SSSR count). The van der Waals surface area contributed by atoms with Gasteiger partial charge in [0.1, 0.15) is 5.75 Å². The number of methoxy groups -OCH3 is 1. The van der Waals surface area contributed by atoms with Crippen LogP contribution in [0.2, 0.25) is 0 Å². The van der Waals surface area contributed by atoms with Crippen molar-refractivity contribution in [3.05, 3.63) is 33.9 Å². The quantitative estimate of drug-likeness (QED) is 0.576. The summed E-state index contributed by atoms with van der Waals surface area (Å²) in [6.07, 6.45) is -1.99. The highest BCUT2D eigenvalue weighted by Gasteiger charge is 2.21. The highest BCUT2D eigenvalue weighted by Crippen LogP contribution is 2.25. The van der Waals surface area contributed by atoms with Gasteiger partial charge in [-0.05, 0) is 12.1 Å². The zero-order chi connectivity index (χ0) is 13.0. The molecule has 0 radical (unpaired) electrons. The molecule has 0 saturated carbocycles. The lowest BCUT2D eigenvalue weighted by Gasteiger charge is -2.07. The number of aliphatic hydroxyl groups is 1. The predicted octanol–water partition coefficient (Wildman–Crippen LogP) is 0.591. The van der Waals surface area contributed by atoms with Gasteiger partial charge in [-0.2, -0.15) is 0 Å². The molecule has 0 amide bonds. The fourth-order valence-electron chi connectivity index (χ4n) is 1.31. The van der Waals surface area contributed by atoms with Crippen LogP contribution in [0.3, 0.4) is 0 Å². The molecule has 0 bridgehead atoms. The summed E-state index contributed by atoms with van der Waals surface area (Å²) in [4.78, 5) is 20.6. The van der Waals surface area contributed by atoms with E-state index in [4.69, 9.17) is 14.9 Å². The zero-order valence-electron chi connectivity index (χ0n) is 8.99. The second kappa shape index (κ2) is 5.26. The van der Waals surface area contributed by atoms with Crippen molar-refractivity contribution in [2.75, 3.05) is 7.11 Å². The second-order valence-corrected chi connectivity index (χ2v) is 3.31.